The summed E-state index contributed by atoms with van der Waals surface area (Å²) in [5, 5.41) is 3.00. The van der Waals surface area contributed by atoms with E-state index < -0.39 is 0 Å². The van der Waals surface area contributed by atoms with Gasteiger partial charge in [-0.15, -0.1) is 0 Å². The van der Waals surface area contributed by atoms with E-state index in [2.05, 4.69) is 22.0 Å². The van der Waals surface area contributed by atoms with E-state index in [1.54, 1.807) is 6.26 Å². The van der Waals surface area contributed by atoms with Gasteiger partial charge in [0.1, 0.15) is 5.76 Å². The maximum absolute atomic E-state index is 12.5. The van der Waals surface area contributed by atoms with Crippen LogP contribution >= 0.6 is 0 Å². The minimum atomic E-state index is 0.102. The summed E-state index contributed by atoms with van der Waals surface area (Å²) in [6, 6.07) is 4.28. The predicted octanol–water partition coefficient (Wildman–Crippen LogP) is 4.35. The van der Waals surface area contributed by atoms with E-state index in [1.165, 1.54) is 32.1 Å². The molecule has 3 rings (SSSR count). The monoisotopic (exact) mass is 431 g/mol. The largest absolute Gasteiger partial charge is 0.467 e. The quantitative estimate of drug-likeness (QED) is 0.529. The van der Waals surface area contributed by atoms with Gasteiger partial charge in [0.25, 0.3) is 0 Å². The van der Waals surface area contributed by atoms with E-state index in [9.17, 15) is 9.59 Å². The molecule has 1 N–H and O–H groups in total. The molecule has 1 aromatic heterocycles. The maximum Gasteiger partial charge on any atom is 0.223 e. The van der Waals surface area contributed by atoms with Gasteiger partial charge in [0, 0.05) is 31.5 Å². The van der Waals surface area contributed by atoms with Crippen molar-refractivity contribution in [3.63, 3.8) is 0 Å². The number of rotatable bonds is 11. The van der Waals surface area contributed by atoms with Crippen LogP contribution in [0.3, 0.4) is 0 Å². The van der Waals surface area contributed by atoms with Crippen molar-refractivity contribution in [2.24, 2.45) is 5.92 Å². The third kappa shape index (κ3) is 7.67. The van der Waals surface area contributed by atoms with Crippen molar-refractivity contribution in [3.8, 4) is 0 Å². The Labute approximate surface area is 187 Å². The number of amides is 2. The van der Waals surface area contributed by atoms with Crippen LogP contribution in [0.5, 0.6) is 0 Å². The molecule has 3 heterocycles. The van der Waals surface area contributed by atoms with Crippen molar-refractivity contribution in [2.75, 3.05) is 26.2 Å². The SMILES string of the molecule is CCCCCCCCC(=O)N1CCC(N2CCC(C(=O)NCc3ccco3)CC2)CC1. The van der Waals surface area contributed by atoms with Gasteiger partial charge >= 0.3 is 0 Å². The second kappa shape index (κ2) is 12.9. The second-order valence-corrected chi connectivity index (χ2v) is 9.24. The Morgan fingerprint density at radius 2 is 1.71 bits per heavy atom. The summed E-state index contributed by atoms with van der Waals surface area (Å²) in [6.07, 6.45) is 13.7. The van der Waals surface area contributed by atoms with Crippen molar-refractivity contribution >= 4 is 11.8 Å². The van der Waals surface area contributed by atoms with E-state index in [0.717, 1.165) is 70.5 Å². The summed E-state index contributed by atoms with van der Waals surface area (Å²) in [5.41, 5.74) is 0. The molecule has 0 bridgehead atoms. The number of unbranched alkanes of at least 4 members (excludes halogenated alkanes) is 5. The molecule has 1 aromatic rings. The molecule has 0 radical (unpaired) electrons. The molecule has 0 unspecified atom stereocenters. The van der Waals surface area contributed by atoms with Gasteiger partial charge in [0.2, 0.25) is 11.8 Å². The van der Waals surface area contributed by atoms with Gasteiger partial charge in [-0.05, 0) is 57.3 Å². The lowest BCUT2D eigenvalue weighted by atomic mass is 9.92. The second-order valence-electron chi connectivity index (χ2n) is 9.24. The molecular weight excluding hydrogens is 390 g/mol. The van der Waals surface area contributed by atoms with Gasteiger partial charge in [0.05, 0.1) is 12.8 Å². The Balaban J connectivity index is 1.28. The number of carbonyl (C=O) groups excluding carboxylic acids is 2. The summed E-state index contributed by atoms with van der Waals surface area (Å²) < 4.78 is 5.28. The number of hydrogen-bond donors (Lipinski definition) is 1. The van der Waals surface area contributed by atoms with E-state index in [4.69, 9.17) is 4.42 Å². The molecule has 2 amide bonds. The van der Waals surface area contributed by atoms with Crippen LogP contribution in [0.2, 0.25) is 0 Å². The highest BCUT2D eigenvalue weighted by Crippen LogP contribution is 2.24. The summed E-state index contributed by atoms with van der Waals surface area (Å²) in [7, 11) is 0. The Bertz CT molecular complexity index is 645. The first kappa shape index (κ1) is 23.8. The minimum absolute atomic E-state index is 0.102. The van der Waals surface area contributed by atoms with Crippen molar-refractivity contribution in [2.45, 2.75) is 90.1 Å². The first-order valence-corrected chi connectivity index (χ1v) is 12.5. The molecule has 6 heteroatoms. The van der Waals surface area contributed by atoms with Crippen LogP contribution in [0.15, 0.2) is 22.8 Å². The van der Waals surface area contributed by atoms with Crippen molar-refractivity contribution < 1.29 is 14.0 Å². The molecule has 2 aliphatic heterocycles. The average Bonchev–Trinajstić information content (AvgIpc) is 3.33. The zero-order valence-electron chi connectivity index (χ0n) is 19.3. The highest BCUT2D eigenvalue weighted by Gasteiger charge is 2.31. The number of hydrogen-bond acceptors (Lipinski definition) is 4. The van der Waals surface area contributed by atoms with Gasteiger partial charge in [0.15, 0.2) is 0 Å². The van der Waals surface area contributed by atoms with Gasteiger partial charge < -0.3 is 19.5 Å². The third-order valence-electron chi connectivity index (χ3n) is 7.00. The lowest BCUT2D eigenvalue weighted by Crippen LogP contribution is -2.50. The summed E-state index contributed by atoms with van der Waals surface area (Å²) in [6.45, 7) is 6.45. The van der Waals surface area contributed by atoms with E-state index >= 15 is 0 Å². The number of carbonyl (C=O) groups is 2. The molecule has 31 heavy (non-hydrogen) atoms. The van der Waals surface area contributed by atoms with Gasteiger partial charge in [-0.2, -0.15) is 0 Å². The summed E-state index contributed by atoms with van der Waals surface area (Å²) in [5.74, 6) is 1.39. The van der Waals surface area contributed by atoms with Gasteiger partial charge in [-0.1, -0.05) is 39.0 Å². The third-order valence-corrected chi connectivity index (χ3v) is 7.00. The Kier molecular flexibility index (Phi) is 9.91. The molecule has 0 saturated carbocycles. The zero-order chi connectivity index (χ0) is 21.9. The number of piperidine rings is 2. The van der Waals surface area contributed by atoms with Crippen molar-refractivity contribution in [1.29, 1.82) is 0 Å². The average molecular weight is 432 g/mol. The fourth-order valence-electron chi connectivity index (χ4n) is 4.95. The van der Waals surface area contributed by atoms with E-state index in [1.807, 2.05) is 12.1 Å². The van der Waals surface area contributed by atoms with Crippen LogP contribution in [0.4, 0.5) is 0 Å². The molecule has 2 saturated heterocycles. The Hall–Kier alpha value is -1.82. The number of nitrogens with zero attached hydrogens (tertiary/aromatic N) is 2. The van der Waals surface area contributed by atoms with Crippen molar-refractivity contribution in [3.05, 3.63) is 24.2 Å². The first-order valence-electron chi connectivity index (χ1n) is 12.5. The highest BCUT2D eigenvalue weighted by atomic mass is 16.3. The Morgan fingerprint density at radius 3 is 2.39 bits per heavy atom. The molecular formula is C25H41N3O3. The molecule has 2 aliphatic rings. The van der Waals surface area contributed by atoms with Crippen LogP contribution in [0.1, 0.15) is 83.3 Å². The van der Waals surface area contributed by atoms with Crippen LogP contribution in [-0.2, 0) is 16.1 Å². The number of furan rings is 1. The number of nitrogens with one attached hydrogen (secondary N) is 1. The van der Waals surface area contributed by atoms with E-state index in [-0.39, 0.29) is 11.8 Å². The van der Waals surface area contributed by atoms with Crippen LogP contribution < -0.4 is 5.32 Å². The maximum atomic E-state index is 12.5. The lowest BCUT2D eigenvalue weighted by Gasteiger charge is -2.41. The fourth-order valence-corrected chi connectivity index (χ4v) is 4.95. The molecule has 174 valence electrons. The van der Waals surface area contributed by atoms with Crippen LogP contribution in [-0.4, -0.2) is 53.8 Å². The highest BCUT2D eigenvalue weighted by molar-refractivity contribution is 5.78. The Morgan fingerprint density at radius 1 is 1.00 bits per heavy atom. The van der Waals surface area contributed by atoms with Gasteiger partial charge in [-0.3, -0.25) is 9.59 Å². The smallest absolute Gasteiger partial charge is 0.223 e. The molecule has 0 atom stereocenters. The fraction of sp³-hybridized carbons (Fsp3) is 0.760. The number of likely N-dealkylation sites (tertiary alicyclic amines) is 2. The minimum Gasteiger partial charge on any atom is -0.467 e. The molecule has 6 nitrogen and oxygen atoms in total. The first-order chi connectivity index (χ1) is 15.2. The topological polar surface area (TPSA) is 65.8 Å². The van der Waals surface area contributed by atoms with Crippen molar-refractivity contribution in [1.82, 2.24) is 15.1 Å². The van der Waals surface area contributed by atoms with Crippen LogP contribution in [0, 0.1) is 5.92 Å². The van der Waals surface area contributed by atoms with Crippen LogP contribution in [0.25, 0.3) is 0 Å². The standard InChI is InChI=1S/C25H41N3O3/c1-2-3-4-5-6-7-10-24(29)28-17-13-22(14-18-28)27-15-11-21(12-16-27)25(30)26-20-23-9-8-19-31-23/h8-9,19,21-22H,2-7,10-18,20H2,1H3,(H,26,30). The molecule has 0 aliphatic carbocycles. The molecule has 2 fully saturated rings. The zero-order valence-corrected chi connectivity index (χ0v) is 19.3. The summed E-state index contributed by atoms with van der Waals surface area (Å²) >= 11 is 0. The molecule has 0 aromatic carbocycles. The normalized spacial score (nSPS) is 18.9. The molecule has 0 spiro atoms. The van der Waals surface area contributed by atoms with E-state index in [0.29, 0.717) is 18.5 Å². The van der Waals surface area contributed by atoms with Gasteiger partial charge in [-0.25, -0.2) is 0 Å². The lowest BCUT2D eigenvalue weighted by molar-refractivity contribution is -0.133. The predicted molar refractivity (Wildman–Crippen MR) is 122 cm³/mol. The summed E-state index contributed by atoms with van der Waals surface area (Å²) in [4.78, 5) is 29.6.